The number of aromatic nitrogens is 4. The Morgan fingerprint density at radius 1 is 1.17 bits per heavy atom. The van der Waals surface area contributed by atoms with E-state index < -0.39 is 0 Å². The van der Waals surface area contributed by atoms with Gasteiger partial charge in [-0.15, -0.1) is 0 Å². The van der Waals surface area contributed by atoms with Crippen LogP contribution in [-0.4, -0.2) is 42.8 Å². The number of likely N-dealkylation sites (tertiary alicyclic amines) is 1. The molecule has 29 heavy (non-hydrogen) atoms. The van der Waals surface area contributed by atoms with Crippen molar-refractivity contribution in [3.8, 4) is 5.82 Å². The summed E-state index contributed by atoms with van der Waals surface area (Å²) in [4.78, 5) is 39.4. The summed E-state index contributed by atoms with van der Waals surface area (Å²) in [6.07, 6.45) is 7.21. The number of hydrogen-bond donors (Lipinski definition) is 1. The van der Waals surface area contributed by atoms with Crippen molar-refractivity contribution in [2.45, 2.75) is 26.4 Å². The molecule has 0 aliphatic carbocycles. The molecule has 2 amide bonds. The van der Waals surface area contributed by atoms with Gasteiger partial charge in [-0.05, 0) is 36.8 Å². The lowest BCUT2D eigenvalue weighted by Gasteiger charge is -2.16. The highest BCUT2D eigenvalue weighted by atomic mass is 16.2. The number of nitrogens with one attached hydrogen (secondary N) is 1. The molecule has 4 heterocycles. The van der Waals surface area contributed by atoms with Gasteiger partial charge in [0.05, 0.1) is 18.2 Å². The van der Waals surface area contributed by atoms with E-state index in [2.05, 4.69) is 20.3 Å². The Labute approximate surface area is 168 Å². The molecule has 1 saturated heterocycles. The first-order valence-electron chi connectivity index (χ1n) is 9.51. The van der Waals surface area contributed by atoms with Crippen molar-refractivity contribution in [2.24, 2.45) is 5.92 Å². The van der Waals surface area contributed by atoms with E-state index in [0.29, 0.717) is 19.6 Å². The first-order valence-corrected chi connectivity index (χ1v) is 9.51. The highest BCUT2D eigenvalue weighted by Gasteiger charge is 2.34. The summed E-state index contributed by atoms with van der Waals surface area (Å²) in [5, 5.41) is 2.95. The van der Waals surface area contributed by atoms with Gasteiger partial charge in [-0.2, -0.15) is 0 Å². The normalized spacial score (nSPS) is 16.2. The van der Waals surface area contributed by atoms with Crippen LogP contribution in [-0.2, 0) is 22.7 Å². The average Bonchev–Trinajstić information content (AvgIpc) is 3.33. The molecule has 1 aliphatic rings. The quantitative estimate of drug-likeness (QED) is 0.691. The minimum absolute atomic E-state index is 0.0161. The first kappa shape index (κ1) is 18.8. The van der Waals surface area contributed by atoms with Crippen molar-refractivity contribution in [1.29, 1.82) is 0 Å². The van der Waals surface area contributed by atoms with Crippen LogP contribution in [0.3, 0.4) is 0 Å². The van der Waals surface area contributed by atoms with Crippen LogP contribution in [0.5, 0.6) is 0 Å². The molecule has 0 spiro atoms. The predicted molar refractivity (Wildman–Crippen MR) is 106 cm³/mol. The van der Waals surface area contributed by atoms with Crippen LogP contribution < -0.4 is 5.32 Å². The van der Waals surface area contributed by atoms with E-state index in [1.54, 1.807) is 23.5 Å². The topological polar surface area (TPSA) is 93.0 Å². The van der Waals surface area contributed by atoms with Crippen LogP contribution in [0.1, 0.15) is 23.5 Å². The number of aryl methyl sites for hydroxylation is 1. The number of rotatable bonds is 6. The smallest absolute Gasteiger partial charge is 0.225 e. The molecule has 3 aromatic heterocycles. The van der Waals surface area contributed by atoms with Crippen molar-refractivity contribution >= 4 is 11.8 Å². The summed E-state index contributed by atoms with van der Waals surface area (Å²) in [6, 6.07) is 9.39. The van der Waals surface area contributed by atoms with Gasteiger partial charge in [0, 0.05) is 44.3 Å². The highest BCUT2D eigenvalue weighted by Crippen LogP contribution is 2.20. The third-order valence-corrected chi connectivity index (χ3v) is 5.01. The molecule has 1 N–H and O–H groups in total. The van der Waals surface area contributed by atoms with Crippen molar-refractivity contribution < 1.29 is 9.59 Å². The fourth-order valence-electron chi connectivity index (χ4n) is 3.44. The van der Waals surface area contributed by atoms with E-state index >= 15 is 0 Å². The van der Waals surface area contributed by atoms with Crippen LogP contribution in [0.2, 0.25) is 0 Å². The zero-order valence-corrected chi connectivity index (χ0v) is 16.2. The van der Waals surface area contributed by atoms with E-state index in [-0.39, 0.29) is 24.2 Å². The third-order valence-electron chi connectivity index (χ3n) is 5.01. The fourth-order valence-corrected chi connectivity index (χ4v) is 3.44. The monoisotopic (exact) mass is 390 g/mol. The number of pyridine rings is 2. The largest absolute Gasteiger partial charge is 0.352 e. The maximum atomic E-state index is 12.6. The van der Waals surface area contributed by atoms with Gasteiger partial charge in [-0.25, -0.2) is 9.97 Å². The molecule has 1 aliphatic heterocycles. The molecular formula is C21H22N6O2. The lowest BCUT2D eigenvalue weighted by molar-refractivity contribution is -0.129. The Bertz CT molecular complexity index is 1020. The Hall–Kier alpha value is -3.55. The molecule has 0 bridgehead atoms. The van der Waals surface area contributed by atoms with Crippen LogP contribution in [0, 0.1) is 12.8 Å². The minimum atomic E-state index is -0.344. The number of nitrogens with zero attached hydrogens (tertiary/aromatic N) is 5. The van der Waals surface area contributed by atoms with Crippen molar-refractivity contribution in [3.05, 3.63) is 72.2 Å². The summed E-state index contributed by atoms with van der Waals surface area (Å²) in [5.74, 6) is 1.13. The van der Waals surface area contributed by atoms with E-state index in [0.717, 1.165) is 22.9 Å². The summed E-state index contributed by atoms with van der Waals surface area (Å²) in [6.45, 7) is 3.13. The van der Waals surface area contributed by atoms with Gasteiger partial charge in [0.15, 0.2) is 0 Å². The molecule has 3 aromatic rings. The van der Waals surface area contributed by atoms with Gasteiger partial charge in [-0.3, -0.25) is 19.1 Å². The zero-order valence-electron chi connectivity index (χ0n) is 16.2. The summed E-state index contributed by atoms with van der Waals surface area (Å²) >= 11 is 0. The standard InChI is InChI=1S/C21H22N6O2/c1-15-22-8-9-27(15)19-10-16(5-7-24-19)12-25-21(29)17-11-20(28)26(13-17)14-18-4-2-3-6-23-18/h2-10,17H,11-14H2,1H3,(H,25,29). The van der Waals surface area contributed by atoms with Gasteiger partial charge in [0.2, 0.25) is 11.8 Å². The van der Waals surface area contributed by atoms with Gasteiger partial charge < -0.3 is 10.2 Å². The highest BCUT2D eigenvalue weighted by molar-refractivity contribution is 5.89. The predicted octanol–water partition coefficient (Wildman–Crippen LogP) is 1.64. The van der Waals surface area contributed by atoms with E-state index in [1.165, 1.54) is 0 Å². The summed E-state index contributed by atoms with van der Waals surface area (Å²) in [5.41, 5.74) is 1.76. The zero-order chi connectivity index (χ0) is 20.2. The Morgan fingerprint density at radius 3 is 2.83 bits per heavy atom. The molecule has 0 radical (unpaired) electrons. The van der Waals surface area contributed by atoms with Gasteiger partial charge in [0.1, 0.15) is 11.6 Å². The third kappa shape index (κ3) is 4.31. The minimum Gasteiger partial charge on any atom is -0.352 e. The lowest BCUT2D eigenvalue weighted by Crippen LogP contribution is -2.32. The fraction of sp³-hybridized carbons (Fsp3) is 0.286. The molecule has 4 rings (SSSR count). The molecule has 8 heteroatoms. The van der Waals surface area contributed by atoms with E-state index in [9.17, 15) is 9.59 Å². The van der Waals surface area contributed by atoms with Gasteiger partial charge in [0.25, 0.3) is 0 Å². The average molecular weight is 390 g/mol. The Kier molecular flexibility index (Phi) is 5.33. The van der Waals surface area contributed by atoms with Crippen LogP contribution in [0.15, 0.2) is 55.1 Å². The van der Waals surface area contributed by atoms with Crippen molar-refractivity contribution in [2.75, 3.05) is 6.54 Å². The molecule has 0 aromatic carbocycles. The summed E-state index contributed by atoms with van der Waals surface area (Å²) in [7, 11) is 0. The Balaban J connectivity index is 1.34. The molecular weight excluding hydrogens is 368 g/mol. The van der Waals surface area contributed by atoms with Crippen molar-refractivity contribution in [1.82, 2.24) is 29.7 Å². The number of carbonyl (C=O) groups is 2. The number of imidazole rings is 1. The van der Waals surface area contributed by atoms with Crippen LogP contribution >= 0.6 is 0 Å². The second-order valence-electron chi connectivity index (χ2n) is 7.08. The van der Waals surface area contributed by atoms with Gasteiger partial charge in [-0.1, -0.05) is 6.07 Å². The molecule has 148 valence electrons. The van der Waals surface area contributed by atoms with Crippen LogP contribution in [0.25, 0.3) is 5.82 Å². The van der Waals surface area contributed by atoms with Crippen LogP contribution in [0.4, 0.5) is 0 Å². The van der Waals surface area contributed by atoms with Crippen molar-refractivity contribution in [3.63, 3.8) is 0 Å². The van der Waals surface area contributed by atoms with E-state index in [1.807, 2.05) is 48.0 Å². The lowest BCUT2D eigenvalue weighted by atomic mass is 10.1. The number of carbonyl (C=O) groups excluding carboxylic acids is 2. The molecule has 1 unspecified atom stereocenters. The van der Waals surface area contributed by atoms with Gasteiger partial charge >= 0.3 is 0 Å². The molecule has 1 fully saturated rings. The molecule has 0 saturated carbocycles. The number of hydrogen-bond acceptors (Lipinski definition) is 5. The second kappa shape index (κ2) is 8.22. The second-order valence-corrected chi connectivity index (χ2v) is 7.08. The maximum absolute atomic E-state index is 12.6. The Morgan fingerprint density at radius 2 is 2.07 bits per heavy atom. The molecule has 8 nitrogen and oxygen atoms in total. The first-order chi connectivity index (χ1) is 14.1. The maximum Gasteiger partial charge on any atom is 0.225 e. The SMILES string of the molecule is Cc1nccn1-c1cc(CNC(=O)C2CC(=O)N(Cc3ccccn3)C2)ccn1. The summed E-state index contributed by atoms with van der Waals surface area (Å²) < 4.78 is 1.89. The number of amides is 2. The molecule has 1 atom stereocenters. The van der Waals surface area contributed by atoms with E-state index in [4.69, 9.17) is 0 Å².